The number of nitrogens with one attached hydrogen (secondary N) is 1. The van der Waals surface area contributed by atoms with Crippen molar-refractivity contribution in [2.24, 2.45) is 5.92 Å². The lowest BCUT2D eigenvalue weighted by Gasteiger charge is -2.28. The highest BCUT2D eigenvalue weighted by Crippen LogP contribution is 2.29. The molecule has 1 N–H and O–H groups in total. The first kappa shape index (κ1) is 19.5. The lowest BCUT2D eigenvalue weighted by molar-refractivity contribution is 0.254. The average molecular weight is 383 g/mol. The van der Waals surface area contributed by atoms with Crippen molar-refractivity contribution in [1.82, 2.24) is 19.8 Å². The number of aromatic amines is 1. The number of H-pyrrole nitrogens is 1. The van der Waals surface area contributed by atoms with E-state index in [0.717, 1.165) is 43.6 Å². The lowest BCUT2D eigenvalue weighted by atomic mass is 9.83. The van der Waals surface area contributed by atoms with Crippen LogP contribution in [0.1, 0.15) is 42.6 Å². The van der Waals surface area contributed by atoms with Gasteiger partial charge in [-0.2, -0.15) is 0 Å². The summed E-state index contributed by atoms with van der Waals surface area (Å²) >= 11 is 0. The molecule has 0 spiro atoms. The number of rotatable bonds is 9. The third kappa shape index (κ3) is 5.36. The van der Waals surface area contributed by atoms with Crippen molar-refractivity contribution in [3.05, 3.63) is 47.5 Å². The normalized spacial score (nSPS) is 19.9. The van der Waals surface area contributed by atoms with E-state index in [1.807, 2.05) is 6.20 Å². The highest BCUT2D eigenvalue weighted by Gasteiger charge is 2.22. The third-order valence-corrected chi connectivity index (χ3v) is 6.15. The number of aryl methyl sites for hydroxylation is 1. The Labute approximate surface area is 169 Å². The highest BCUT2D eigenvalue weighted by atomic mass is 16.5. The van der Waals surface area contributed by atoms with Gasteiger partial charge in [-0.3, -0.25) is 4.90 Å². The summed E-state index contributed by atoms with van der Waals surface area (Å²) < 4.78 is 6.03. The van der Waals surface area contributed by atoms with Crippen molar-refractivity contribution < 1.29 is 4.74 Å². The van der Waals surface area contributed by atoms with Crippen LogP contribution in [0.4, 0.5) is 0 Å². The number of fused-ring (bicyclic) bond motifs is 1. The molecule has 5 heteroatoms. The molecule has 0 radical (unpaired) electrons. The standard InChI is InChI=1S/C23H34N4O/c1-26(18-23-24-9-10-25-23)11-4-14-28-22-8-7-20-15-19(5-6-21(20)16-22)17-27-12-2-3-13-27/h7-10,16,19H,2-6,11-15,17-18H2,1H3,(H,24,25). The van der Waals surface area contributed by atoms with Crippen molar-refractivity contribution in [2.75, 3.05) is 39.8 Å². The van der Waals surface area contributed by atoms with Gasteiger partial charge in [-0.05, 0) is 87.8 Å². The molecule has 5 nitrogen and oxygen atoms in total. The van der Waals surface area contributed by atoms with E-state index in [9.17, 15) is 0 Å². The average Bonchev–Trinajstić information content (AvgIpc) is 3.39. The van der Waals surface area contributed by atoms with Crippen molar-refractivity contribution in [3.63, 3.8) is 0 Å². The summed E-state index contributed by atoms with van der Waals surface area (Å²) in [5.41, 5.74) is 3.05. The van der Waals surface area contributed by atoms with Crippen LogP contribution in [0.2, 0.25) is 0 Å². The van der Waals surface area contributed by atoms with Gasteiger partial charge in [-0.1, -0.05) is 6.07 Å². The van der Waals surface area contributed by atoms with E-state index in [-0.39, 0.29) is 0 Å². The minimum absolute atomic E-state index is 0.763. The fraction of sp³-hybridized carbons (Fsp3) is 0.609. The van der Waals surface area contributed by atoms with Crippen LogP contribution in [0, 0.1) is 5.92 Å². The van der Waals surface area contributed by atoms with Crippen molar-refractivity contribution in [2.45, 2.75) is 45.1 Å². The summed E-state index contributed by atoms with van der Waals surface area (Å²) in [6.07, 6.45) is 11.2. The summed E-state index contributed by atoms with van der Waals surface area (Å²) in [5.74, 6) is 2.88. The van der Waals surface area contributed by atoms with Crippen LogP contribution in [0.25, 0.3) is 0 Å². The zero-order valence-electron chi connectivity index (χ0n) is 17.2. The number of likely N-dealkylation sites (tertiary alicyclic amines) is 1. The first-order chi connectivity index (χ1) is 13.8. The SMILES string of the molecule is CN(CCCOc1ccc2c(c1)CCC(CN1CCCC1)C2)Cc1ncc[nH]1. The van der Waals surface area contributed by atoms with Gasteiger partial charge < -0.3 is 14.6 Å². The van der Waals surface area contributed by atoms with Gasteiger partial charge in [0.05, 0.1) is 13.2 Å². The van der Waals surface area contributed by atoms with Gasteiger partial charge in [-0.15, -0.1) is 0 Å². The molecule has 1 fully saturated rings. The van der Waals surface area contributed by atoms with Gasteiger partial charge in [0.25, 0.3) is 0 Å². The second-order valence-electron chi connectivity index (χ2n) is 8.52. The molecule has 2 heterocycles. The second-order valence-corrected chi connectivity index (χ2v) is 8.52. The van der Waals surface area contributed by atoms with Gasteiger partial charge in [0.1, 0.15) is 11.6 Å². The molecule has 2 aliphatic rings. The summed E-state index contributed by atoms with van der Waals surface area (Å²) in [4.78, 5) is 12.4. The molecular formula is C23H34N4O. The Morgan fingerprint density at radius 3 is 2.96 bits per heavy atom. The Kier molecular flexibility index (Phi) is 6.65. The topological polar surface area (TPSA) is 44.4 Å². The number of hydrogen-bond acceptors (Lipinski definition) is 4. The maximum atomic E-state index is 6.03. The van der Waals surface area contributed by atoms with Gasteiger partial charge >= 0.3 is 0 Å². The Balaban J connectivity index is 1.19. The molecule has 1 aliphatic heterocycles. The largest absolute Gasteiger partial charge is 0.494 e. The zero-order chi connectivity index (χ0) is 19.2. The minimum atomic E-state index is 0.763. The minimum Gasteiger partial charge on any atom is -0.494 e. The second kappa shape index (κ2) is 9.57. The predicted octanol–water partition coefficient (Wildman–Crippen LogP) is 3.51. The quantitative estimate of drug-likeness (QED) is 0.674. The monoisotopic (exact) mass is 382 g/mol. The van der Waals surface area contributed by atoms with Gasteiger partial charge in [-0.25, -0.2) is 4.98 Å². The van der Waals surface area contributed by atoms with Gasteiger partial charge in [0.2, 0.25) is 0 Å². The Hall–Kier alpha value is -1.85. The smallest absolute Gasteiger partial charge is 0.120 e. The van der Waals surface area contributed by atoms with Crippen LogP contribution in [-0.4, -0.2) is 59.6 Å². The van der Waals surface area contributed by atoms with Crippen LogP contribution >= 0.6 is 0 Å². The van der Waals surface area contributed by atoms with E-state index in [2.05, 4.69) is 45.0 Å². The fourth-order valence-corrected chi connectivity index (χ4v) is 4.63. The predicted molar refractivity (Wildman–Crippen MR) is 113 cm³/mol. The van der Waals surface area contributed by atoms with Crippen LogP contribution in [0.3, 0.4) is 0 Å². The zero-order valence-corrected chi connectivity index (χ0v) is 17.2. The Morgan fingerprint density at radius 1 is 1.25 bits per heavy atom. The highest BCUT2D eigenvalue weighted by molar-refractivity contribution is 5.37. The van der Waals surface area contributed by atoms with Crippen molar-refractivity contribution >= 4 is 0 Å². The van der Waals surface area contributed by atoms with Crippen LogP contribution in [-0.2, 0) is 19.4 Å². The van der Waals surface area contributed by atoms with E-state index < -0.39 is 0 Å². The van der Waals surface area contributed by atoms with Gasteiger partial charge in [0, 0.05) is 25.5 Å². The third-order valence-electron chi connectivity index (χ3n) is 6.15. The molecule has 1 aliphatic carbocycles. The maximum absolute atomic E-state index is 6.03. The molecule has 1 saturated heterocycles. The molecular weight excluding hydrogens is 348 g/mol. The first-order valence-corrected chi connectivity index (χ1v) is 10.9. The molecule has 1 aromatic carbocycles. The Morgan fingerprint density at radius 2 is 2.14 bits per heavy atom. The summed E-state index contributed by atoms with van der Waals surface area (Å²) in [5, 5.41) is 0. The number of nitrogens with zero attached hydrogens (tertiary/aromatic N) is 3. The molecule has 0 amide bonds. The molecule has 1 aromatic heterocycles. The van der Waals surface area contributed by atoms with Crippen molar-refractivity contribution in [1.29, 1.82) is 0 Å². The van der Waals surface area contributed by atoms with E-state index in [4.69, 9.17) is 4.74 Å². The molecule has 4 rings (SSSR count). The number of imidazole rings is 1. The molecule has 1 atom stereocenters. The number of hydrogen-bond donors (Lipinski definition) is 1. The van der Waals surface area contributed by atoms with Crippen LogP contribution in [0.15, 0.2) is 30.6 Å². The molecule has 0 saturated carbocycles. The Bertz CT molecular complexity index is 724. The summed E-state index contributed by atoms with van der Waals surface area (Å²) in [6, 6.07) is 6.77. The van der Waals surface area contributed by atoms with E-state index in [0.29, 0.717) is 0 Å². The summed E-state index contributed by atoms with van der Waals surface area (Å²) in [7, 11) is 2.12. The lowest BCUT2D eigenvalue weighted by Crippen LogP contribution is -2.30. The molecule has 2 aromatic rings. The van der Waals surface area contributed by atoms with Crippen LogP contribution < -0.4 is 4.74 Å². The number of benzene rings is 1. The molecule has 1 unspecified atom stereocenters. The maximum Gasteiger partial charge on any atom is 0.120 e. The number of ether oxygens (including phenoxy) is 1. The summed E-state index contributed by atoms with van der Waals surface area (Å²) in [6.45, 7) is 6.54. The van der Waals surface area contributed by atoms with E-state index in [1.54, 1.807) is 11.8 Å². The fourth-order valence-electron chi connectivity index (χ4n) is 4.63. The first-order valence-electron chi connectivity index (χ1n) is 10.9. The van der Waals surface area contributed by atoms with Crippen LogP contribution in [0.5, 0.6) is 5.75 Å². The van der Waals surface area contributed by atoms with E-state index >= 15 is 0 Å². The molecule has 28 heavy (non-hydrogen) atoms. The molecule has 0 bridgehead atoms. The number of aromatic nitrogens is 2. The molecule has 152 valence electrons. The van der Waals surface area contributed by atoms with Gasteiger partial charge in [0.15, 0.2) is 0 Å². The van der Waals surface area contributed by atoms with E-state index in [1.165, 1.54) is 57.3 Å². The van der Waals surface area contributed by atoms with Crippen molar-refractivity contribution in [3.8, 4) is 5.75 Å².